The van der Waals surface area contributed by atoms with Crippen molar-refractivity contribution in [3.05, 3.63) is 23.3 Å². The number of carbonyl (C=O) groups is 1. The van der Waals surface area contributed by atoms with Crippen molar-refractivity contribution in [3.63, 3.8) is 0 Å². The Morgan fingerprint density at radius 2 is 1.74 bits per heavy atom. The number of carbonyl (C=O) groups excluding carboxylic acids is 1. The molecule has 0 saturated heterocycles. The lowest BCUT2D eigenvalue weighted by Gasteiger charge is -2.21. The van der Waals surface area contributed by atoms with Crippen LogP contribution in [0.15, 0.2) is 12.1 Å². The molecule has 1 aromatic carbocycles. The van der Waals surface area contributed by atoms with Crippen LogP contribution < -0.4 is 9.47 Å². The molecule has 0 radical (unpaired) electrons. The Balaban J connectivity index is 3.34. The molecule has 0 aliphatic carbocycles. The van der Waals surface area contributed by atoms with Crippen LogP contribution >= 0.6 is 0 Å². The second-order valence-electron chi connectivity index (χ2n) is 4.19. The van der Waals surface area contributed by atoms with Gasteiger partial charge in [0.25, 0.3) is 5.91 Å². The standard InChI is InChI=1S/C15H23NO3/c1-6-12-13(15(17)16(7-2)8-3)9-11(18-4)10-14(12)19-5/h9-10H,6-8H2,1-5H3. The predicted octanol–water partition coefficient (Wildman–Crippen LogP) is 2.75. The van der Waals surface area contributed by atoms with Crippen molar-refractivity contribution in [2.75, 3.05) is 27.3 Å². The number of hydrogen-bond donors (Lipinski definition) is 0. The molecular formula is C15H23NO3. The van der Waals surface area contributed by atoms with E-state index in [9.17, 15) is 4.79 Å². The summed E-state index contributed by atoms with van der Waals surface area (Å²) >= 11 is 0. The van der Waals surface area contributed by atoms with Gasteiger partial charge in [-0.1, -0.05) is 6.92 Å². The SMILES string of the molecule is CCc1c(OC)cc(OC)cc1C(=O)N(CC)CC. The van der Waals surface area contributed by atoms with E-state index in [0.29, 0.717) is 30.2 Å². The molecule has 0 aliphatic heterocycles. The molecule has 0 unspecified atom stereocenters. The number of rotatable bonds is 6. The van der Waals surface area contributed by atoms with Gasteiger partial charge in [-0.3, -0.25) is 4.79 Å². The number of hydrogen-bond acceptors (Lipinski definition) is 3. The van der Waals surface area contributed by atoms with Crippen LogP contribution in [-0.2, 0) is 6.42 Å². The lowest BCUT2D eigenvalue weighted by molar-refractivity contribution is 0.0771. The Kier molecular flexibility index (Phi) is 5.67. The van der Waals surface area contributed by atoms with Gasteiger partial charge in [0.1, 0.15) is 11.5 Å². The van der Waals surface area contributed by atoms with Gasteiger partial charge in [-0.2, -0.15) is 0 Å². The molecule has 106 valence electrons. The van der Waals surface area contributed by atoms with E-state index in [4.69, 9.17) is 9.47 Å². The highest BCUT2D eigenvalue weighted by molar-refractivity contribution is 5.97. The molecule has 4 heteroatoms. The van der Waals surface area contributed by atoms with Crippen LogP contribution in [0.2, 0.25) is 0 Å². The van der Waals surface area contributed by atoms with E-state index in [2.05, 4.69) is 0 Å². The van der Waals surface area contributed by atoms with E-state index in [1.165, 1.54) is 0 Å². The second-order valence-corrected chi connectivity index (χ2v) is 4.19. The van der Waals surface area contributed by atoms with Crippen LogP contribution in [0.4, 0.5) is 0 Å². The first kappa shape index (κ1) is 15.3. The normalized spacial score (nSPS) is 10.2. The molecule has 0 spiro atoms. The van der Waals surface area contributed by atoms with Gasteiger partial charge in [-0.05, 0) is 26.3 Å². The van der Waals surface area contributed by atoms with Gasteiger partial charge in [0.15, 0.2) is 0 Å². The molecule has 0 N–H and O–H groups in total. The summed E-state index contributed by atoms with van der Waals surface area (Å²) in [6.45, 7) is 7.36. The third kappa shape index (κ3) is 3.19. The highest BCUT2D eigenvalue weighted by atomic mass is 16.5. The predicted molar refractivity (Wildman–Crippen MR) is 76.2 cm³/mol. The first-order valence-electron chi connectivity index (χ1n) is 6.66. The molecule has 0 bridgehead atoms. The Morgan fingerprint density at radius 1 is 1.11 bits per heavy atom. The topological polar surface area (TPSA) is 38.8 Å². The quantitative estimate of drug-likeness (QED) is 0.794. The minimum atomic E-state index is 0.0269. The fourth-order valence-corrected chi connectivity index (χ4v) is 2.16. The molecule has 1 rings (SSSR count). The van der Waals surface area contributed by atoms with Crippen LogP contribution in [0.1, 0.15) is 36.7 Å². The molecule has 0 saturated carbocycles. The van der Waals surface area contributed by atoms with Gasteiger partial charge in [0.05, 0.1) is 19.8 Å². The number of amides is 1. The highest BCUT2D eigenvalue weighted by Gasteiger charge is 2.20. The van der Waals surface area contributed by atoms with Crippen molar-refractivity contribution >= 4 is 5.91 Å². The second kappa shape index (κ2) is 7.02. The Morgan fingerprint density at radius 3 is 2.16 bits per heavy atom. The summed E-state index contributed by atoms with van der Waals surface area (Å²) in [5, 5.41) is 0. The largest absolute Gasteiger partial charge is 0.497 e. The van der Waals surface area contributed by atoms with Gasteiger partial charge in [0.2, 0.25) is 0 Å². The minimum Gasteiger partial charge on any atom is -0.497 e. The molecular weight excluding hydrogens is 242 g/mol. The van der Waals surface area contributed by atoms with Crippen molar-refractivity contribution in [1.29, 1.82) is 0 Å². The monoisotopic (exact) mass is 265 g/mol. The van der Waals surface area contributed by atoms with Crippen LogP contribution in [0, 0.1) is 0 Å². The lowest BCUT2D eigenvalue weighted by Crippen LogP contribution is -2.31. The van der Waals surface area contributed by atoms with Gasteiger partial charge in [0, 0.05) is 24.7 Å². The van der Waals surface area contributed by atoms with Crippen molar-refractivity contribution in [1.82, 2.24) is 4.90 Å². The van der Waals surface area contributed by atoms with Crippen LogP contribution in [0.3, 0.4) is 0 Å². The number of benzene rings is 1. The molecule has 0 heterocycles. The van der Waals surface area contributed by atoms with Crippen molar-refractivity contribution in [3.8, 4) is 11.5 Å². The number of nitrogens with zero attached hydrogens (tertiary/aromatic N) is 1. The van der Waals surface area contributed by atoms with Gasteiger partial charge in [-0.25, -0.2) is 0 Å². The third-order valence-corrected chi connectivity index (χ3v) is 3.27. The van der Waals surface area contributed by atoms with E-state index in [-0.39, 0.29) is 5.91 Å². The van der Waals surface area contributed by atoms with Crippen molar-refractivity contribution < 1.29 is 14.3 Å². The molecule has 0 atom stereocenters. The summed E-state index contributed by atoms with van der Waals surface area (Å²) in [5.74, 6) is 1.38. The first-order chi connectivity index (χ1) is 9.12. The Hall–Kier alpha value is -1.71. The summed E-state index contributed by atoms with van der Waals surface area (Å²) in [4.78, 5) is 14.3. The molecule has 0 aliphatic rings. The average molecular weight is 265 g/mol. The van der Waals surface area contributed by atoms with E-state index >= 15 is 0 Å². The van der Waals surface area contributed by atoms with E-state index in [1.807, 2.05) is 26.8 Å². The van der Waals surface area contributed by atoms with Gasteiger partial charge in [-0.15, -0.1) is 0 Å². The molecule has 4 nitrogen and oxygen atoms in total. The maximum atomic E-state index is 12.5. The molecule has 1 amide bonds. The third-order valence-electron chi connectivity index (χ3n) is 3.27. The summed E-state index contributed by atoms with van der Waals surface area (Å²) in [6, 6.07) is 3.61. The van der Waals surface area contributed by atoms with Crippen LogP contribution in [-0.4, -0.2) is 38.1 Å². The summed E-state index contributed by atoms with van der Waals surface area (Å²) in [5.41, 5.74) is 1.60. The zero-order valence-corrected chi connectivity index (χ0v) is 12.4. The fraction of sp³-hybridized carbons (Fsp3) is 0.533. The van der Waals surface area contributed by atoms with Gasteiger partial charge < -0.3 is 14.4 Å². The maximum absolute atomic E-state index is 12.5. The summed E-state index contributed by atoms with van der Waals surface area (Å²) in [7, 11) is 3.20. The van der Waals surface area contributed by atoms with E-state index in [1.54, 1.807) is 25.2 Å². The summed E-state index contributed by atoms with van der Waals surface area (Å²) < 4.78 is 10.6. The Bertz CT molecular complexity index is 439. The van der Waals surface area contributed by atoms with E-state index in [0.717, 1.165) is 12.0 Å². The van der Waals surface area contributed by atoms with Crippen molar-refractivity contribution in [2.24, 2.45) is 0 Å². The van der Waals surface area contributed by atoms with E-state index < -0.39 is 0 Å². The zero-order valence-electron chi connectivity index (χ0n) is 12.4. The molecule has 0 fully saturated rings. The molecule has 0 aromatic heterocycles. The fourth-order valence-electron chi connectivity index (χ4n) is 2.16. The summed E-state index contributed by atoms with van der Waals surface area (Å²) in [6.07, 6.45) is 0.746. The first-order valence-corrected chi connectivity index (χ1v) is 6.66. The van der Waals surface area contributed by atoms with Crippen molar-refractivity contribution in [2.45, 2.75) is 27.2 Å². The lowest BCUT2D eigenvalue weighted by atomic mass is 10.0. The maximum Gasteiger partial charge on any atom is 0.254 e. The smallest absolute Gasteiger partial charge is 0.254 e. The average Bonchev–Trinajstić information content (AvgIpc) is 2.46. The van der Waals surface area contributed by atoms with Crippen LogP contribution in [0.25, 0.3) is 0 Å². The van der Waals surface area contributed by atoms with Gasteiger partial charge >= 0.3 is 0 Å². The van der Waals surface area contributed by atoms with Crippen LogP contribution in [0.5, 0.6) is 11.5 Å². The molecule has 19 heavy (non-hydrogen) atoms. The Labute approximate surface area is 115 Å². The minimum absolute atomic E-state index is 0.0269. The highest BCUT2D eigenvalue weighted by Crippen LogP contribution is 2.30. The molecule has 1 aromatic rings. The number of methoxy groups -OCH3 is 2. The number of ether oxygens (including phenoxy) is 2. The zero-order chi connectivity index (χ0) is 14.4.